The van der Waals surface area contributed by atoms with Gasteiger partial charge in [-0.25, -0.2) is 4.57 Å². The van der Waals surface area contributed by atoms with E-state index in [4.69, 9.17) is 19.1 Å². The highest BCUT2D eigenvalue weighted by Crippen LogP contribution is 2.43. The first-order valence-corrected chi connectivity index (χ1v) is 23.5. The minimum atomic E-state index is -4.60. The molecule has 0 amide bonds. The lowest BCUT2D eigenvalue weighted by atomic mass is 10.0. The summed E-state index contributed by atoms with van der Waals surface area (Å²) < 4.78 is 32.6. The van der Waals surface area contributed by atoms with E-state index >= 15 is 0 Å². The van der Waals surface area contributed by atoms with Crippen LogP contribution in [0.4, 0.5) is 0 Å². The van der Waals surface area contributed by atoms with Crippen molar-refractivity contribution < 1.29 is 47.8 Å². The molecule has 0 saturated heterocycles. The number of esters is 2. The van der Waals surface area contributed by atoms with Gasteiger partial charge >= 0.3 is 19.8 Å². The lowest BCUT2D eigenvalue weighted by Gasteiger charge is -2.20. The number of phosphoric acid groups is 1. The second kappa shape index (κ2) is 39.2. The Balaban J connectivity index is 4.13. The number of carbonyl (C=O) groups excluding carboxylic acids is 2. The maximum absolute atomic E-state index is 12.6. The highest BCUT2D eigenvalue weighted by atomic mass is 31.2. The SMILES string of the molecule is CCCCCCCCCCCCCCCCCCCCCCCC(=O)O[C@H](COC(=O)CCCCCCCCCCC)COP(=O)(O)OC[C@@H](O)CO. The predicted molar refractivity (Wildman–Crippen MR) is 215 cm³/mol. The zero-order chi connectivity index (χ0) is 39.1. The maximum Gasteiger partial charge on any atom is 0.472 e. The summed E-state index contributed by atoms with van der Waals surface area (Å²) in [5.41, 5.74) is 0. The second-order valence-corrected chi connectivity index (χ2v) is 16.5. The number of unbranched alkanes of at least 4 members (excludes halogenated alkanes) is 28. The van der Waals surface area contributed by atoms with Gasteiger partial charge in [0, 0.05) is 12.8 Å². The molecule has 0 heterocycles. The Morgan fingerprint density at radius 3 is 1.17 bits per heavy atom. The molecule has 0 aromatic carbocycles. The van der Waals surface area contributed by atoms with Gasteiger partial charge in [-0.15, -0.1) is 0 Å². The van der Waals surface area contributed by atoms with Crippen molar-refractivity contribution in [2.75, 3.05) is 26.4 Å². The van der Waals surface area contributed by atoms with Crippen LogP contribution >= 0.6 is 7.82 Å². The largest absolute Gasteiger partial charge is 0.472 e. The maximum atomic E-state index is 12.6. The minimum absolute atomic E-state index is 0.192. The van der Waals surface area contributed by atoms with Gasteiger partial charge in [-0.05, 0) is 12.8 Å². The average molecular weight is 779 g/mol. The first-order valence-electron chi connectivity index (χ1n) is 22.0. The fraction of sp³-hybridized carbons (Fsp3) is 0.952. The molecule has 0 saturated carbocycles. The molecule has 0 aliphatic rings. The van der Waals surface area contributed by atoms with Crippen LogP contribution in [0.5, 0.6) is 0 Å². The van der Waals surface area contributed by atoms with Gasteiger partial charge in [-0.2, -0.15) is 0 Å². The van der Waals surface area contributed by atoms with Crippen LogP contribution in [0, 0.1) is 0 Å². The molecule has 10 nitrogen and oxygen atoms in total. The molecule has 3 atom stereocenters. The summed E-state index contributed by atoms with van der Waals surface area (Å²) in [6.07, 6.45) is 35.1. The zero-order valence-corrected chi connectivity index (χ0v) is 35.2. The van der Waals surface area contributed by atoms with Crippen LogP contribution in [0.1, 0.15) is 219 Å². The van der Waals surface area contributed by atoms with Crippen LogP contribution in [-0.2, 0) is 32.7 Å². The molecule has 0 radical (unpaired) electrons. The number of ether oxygens (including phenoxy) is 2. The third-order valence-corrected chi connectivity index (χ3v) is 10.7. The number of phosphoric ester groups is 1. The van der Waals surface area contributed by atoms with E-state index in [1.165, 1.54) is 141 Å². The van der Waals surface area contributed by atoms with Gasteiger partial charge in [0.1, 0.15) is 12.7 Å². The summed E-state index contributed by atoms with van der Waals surface area (Å²) in [4.78, 5) is 34.9. The Hall–Kier alpha value is -1.03. The van der Waals surface area contributed by atoms with Crippen molar-refractivity contribution >= 4 is 19.8 Å². The molecular weight excluding hydrogens is 695 g/mol. The van der Waals surface area contributed by atoms with E-state index in [1.807, 2.05) is 0 Å². The van der Waals surface area contributed by atoms with Crippen molar-refractivity contribution in [3.63, 3.8) is 0 Å². The Labute approximate surface area is 324 Å². The molecule has 316 valence electrons. The predicted octanol–water partition coefficient (Wildman–Crippen LogP) is 11.5. The fourth-order valence-electron chi connectivity index (χ4n) is 6.35. The van der Waals surface area contributed by atoms with Crippen LogP contribution in [0.2, 0.25) is 0 Å². The van der Waals surface area contributed by atoms with Crippen molar-refractivity contribution in [3.8, 4) is 0 Å². The van der Waals surface area contributed by atoms with Crippen LogP contribution in [0.3, 0.4) is 0 Å². The minimum Gasteiger partial charge on any atom is -0.462 e. The molecule has 0 aliphatic carbocycles. The number of aliphatic hydroxyl groups is 2. The molecule has 0 fully saturated rings. The summed E-state index contributed by atoms with van der Waals surface area (Å²) in [5.74, 6) is -0.913. The van der Waals surface area contributed by atoms with Crippen molar-refractivity contribution in [3.05, 3.63) is 0 Å². The molecule has 0 bridgehead atoms. The monoisotopic (exact) mass is 779 g/mol. The molecule has 3 N–H and O–H groups in total. The first-order chi connectivity index (χ1) is 25.7. The lowest BCUT2D eigenvalue weighted by Crippen LogP contribution is -2.29. The van der Waals surface area contributed by atoms with E-state index in [0.717, 1.165) is 38.5 Å². The third-order valence-electron chi connectivity index (χ3n) is 9.76. The molecule has 0 aromatic heterocycles. The van der Waals surface area contributed by atoms with Crippen molar-refractivity contribution in [2.45, 2.75) is 232 Å². The van der Waals surface area contributed by atoms with E-state index in [9.17, 15) is 24.2 Å². The van der Waals surface area contributed by atoms with E-state index in [-0.39, 0.29) is 19.4 Å². The molecule has 11 heteroatoms. The van der Waals surface area contributed by atoms with E-state index in [0.29, 0.717) is 12.8 Å². The average Bonchev–Trinajstić information content (AvgIpc) is 3.14. The summed E-state index contributed by atoms with van der Waals surface area (Å²) in [7, 11) is -4.60. The fourth-order valence-corrected chi connectivity index (χ4v) is 7.14. The number of rotatable bonds is 42. The number of aliphatic hydroxyl groups excluding tert-OH is 2. The van der Waals surface area contributed by atoms with Gasteiger partial charge < -0.3 is 24.6 Å². The quantitative estimate of drug-likeness (QED) is 0.0310. The van der Waals surface area contributed by atoms with Gasteiger partial charge in [0.05, 0.1) is 19.8 Å². The Morgan fingerprint density at radius 1 is 0.491 bits per heavy atom. The first kappa shape index (κ1) is 52.0. The van der Waals surface area contributed by atoms with Crippen LogP contribution < -0.4 is 0 Å². The summed E-state index contributed by atoms with van der Waals surface area (Å²) in [6, 6.07) is 0. The third kappa shape index (κ3) is 39.0. The summed E-state index contributed by atoms with van der Waals surface area (Å²) in [5, 5.41) is 18.3. The van der Waals surface area contributed by atoms with Crippen LogP contribution in [-0.4, -0.2) is 65.7 Å². The molecule has 53 heavy (non-hydrogen) atoms. The topological polar surface area (TPSA) is 149 Å². The standard InChI is InChI=1S/C42H83O10P/c1-3-5-7-9-11-13-14-15-16-17-18-19-20-21-22-23-24-26-28-30-32-34-42(46)52-40(38-51-53(47,48)50-36-39(44)35-43)37-49-41(45)33-31-29-27-25-12-10-8-6-4-2/h39-40,43-44H,3-38H2,1-2H3,(H,47,48)/t39-,40+/m0/s1. The van der Waals surface area contributed by atoms with Gasteiger partial charge in [0.25, 0.3) is 0 Å². The second-order valence-electron chi connectivity index (χ2n) is 15.1. The Kier molecular flexibility index (Phi) is 38.5. The van der Waals surface area contributed by atoms with Crippen molar-refractivity contribution in [2.24, 2.45) is 0 Å². The Morgan fingerprint density at radius 2 is 0.811 bits per heavy atom. The summed E-state index contributed by atoms with van der Waals surface area (Å²) >= 11 is 0. The Bertz CT molecular complexity index is 858. The molecule has 0 aliphatic heterocycles. The normalized spacial score (nSPS) is 13.8. The lowest BCUT2D eigenvalue weighted by molar-refractivity contribution is -0.161. The number of hydrogen-bond donors (Lipinski definition) is 3. The van der Waals surface area contributed by atoms with E-state index in [2.05, 4.69) is 18.4 Å². The molecule has 1 unspecified atom stereocenters. The van der Waals surface area contributed by atoms with Gasteiger partial charge in [-0.3, -0.25) is 18.6 Å². The number of carbonyl (C=O) groups is 2. The smallest absolute Gasteiger partial charge is 0.462 e. The van der Waals surface area contributed by atoms with Crippen molar-refractivity contribution in [1.82, 2.24) is 0 Å². The highest BCUT2D eigenvalue weighted by molar-refractivity contribution is 7.47. The van der Waals surface area contributed by atoms with Gasteiger partial charge in [0.15, 0.2) is 6.10 Å². The summed E-state index contributed by atoms with van der Waals surface area (Å²) in [6.45, 7) is 2.39. The van der Waals surface area contributed by atoms with Gasteiger partial charge in [-0.1, -0.05) is 194 Å². The van der Waals surface area contributed by atoms with Crippen LogP contribution in [0.25, 0.3) is 0 Å². The van der Waals surface area contributed by atoms with Crippen LogP contribution in [0.15, 0.2) is 0 Å². The zero-order valence-electron chi connectivity index (χ0n) is 34.3. The molecule has 0 rings (SSSR count). The molecule has 0 aromatic rings. The number of hydrogen-bond acceptors (Lipinski definition) is 9. The highest BCUT2D eigenvalue weighted by Gasteiger charge is 2.27. The molecule has 0 spiro atoms. The van der Waals surface area contributed by atoms with E-state index in [1.54, 1.807) is 0 Å². The van der Waals surface area contributed by atoms with E-state index < -0.39 is 51.8 Å². The molecular formula is C42H83O10P. The van der Waals surface area contributed by atoms with Gasteiger partial charge in [0.2, 0.25) is 0 Å². The van der Waals surface area contributed by atoms with Crippen molar-refractivity contribution in [1.29, 1.82) is 0 Å².